The molecule has 7 heteroatoms. The van der Waals surface area contributed by atoms with E-state index in [1.165, 1.54) is 13.3 Å². The quantitative estimate of drug-likeness (QED) is 0.724. The summed E-state index contributed by atoms with van der Waals surface area (Å²) >= 11 is 0. The summed E-state index contributed by atoms with van der Waals surface area (Å²) in [5, 5.41) is 0. The van der Waals surface area contributed by atoms with Crippen LogP contribution in [0.2, 0.25) is 0 Å². The van der Waals surface area contributed by atoms with E-state index in [1.54, 1.807) is 30.3 Å². The molecule has 2 N–H and O–H groups in total. The van der Waals surface area contributed by atoms with Gasteiger partial charge in [-0.1, -0.05) is 13.8 Å². The van der Waals surface area contributed by atoms with Crippen LogP contribution in [0.5, 0.6) is 11.6 Å². The number of ether oxygens (including phenoxy) is 2. The summed E-state index contributed by atoms with van der Waals surface area (Å²) in [6.45, 7) is 4.96. The van der Waals surface area contributed by atoms with Gasteiger partial charge in [0, 0.05) is 17.8 Å². The molecule has 0 aliphatic carbocycles. The Bertz CT molecular complexity index is 659. The topological polar surface area (TPSA) is 85.4 Å². The van der Waals surface area contributed by atoms with Crippen LogP contribution in [0.1, 0.15) is 30.6 Å². The van der Waals surface area contributed by atoms with E-state index in [1.807, 2.05) is 0 Å². The van der Waals surface area contributed by atoms with E-state index < -0.39 is 0 Å². The van der Waals surface area contributed by atoms with Gasteiger partial charge in [-0.2, -0.15) is 4.98 Å². The van der Waals surface area contributed by atoms with Crippen molar-refractivity contribution in [1.82, 2.24) is 15.4 Å². The predicted molar refractivity (Wildman–Crippen MR) is 91.1 cm³/mol. The Morgan fingerprint density at radius 1 is 1.21 bits per heavy atom. The van der Waals surface area contributed by atoms with E-state index in [0.717, 1.165) is 12.2 Å². The zero-order chi connectivity index (χ0) is 17.4. The summed E-state index contributed by atoms with van der Waals surface area (Å²) in [7, 11) is 1.51. The van der Waals surface area contributed by atoms with Crippen LogP contribution < -0.4 is 20.3 Å². The fourth-order valence-electron chi connectivity index (χ4n) is 1.82. The lowest BCUT2D eigenvalue weighted by atomic mass is 10.1. The highest BCUT2D eigenvalue weighted by Crippen LogP contribution is 2.13. The van der Waals surface area contributed by atoms with Crippen LogP contribution in [0.15, 0.2) is 36.5 Å². The summed E-state index contributed by atoms with van der Waals surface area (Å²) in [4.78, 5) is 20.1. The minimum atomic E-state index is -0.296. The lowest BCUT2D eigenvalue weighted by Crippen LogP contribution is -2.30. The first-order valence-electron chi connectivity index (χ1n) is 7.74. The number of carbonyl (C=O) groups is 1. The largest absolute Gasteiger partial charge is 0.494 e. The molecule has 0 fully saturated rings. The maximum Gasteiger partial charge on any atom is 0.269 e. The number of aromatic nitrogens is 2. The highest BCUT2D eigenvalue weighted by atomic mass is 16.5. The molecule has 24 heavy (non-hydrogen) atoms. The van der Waals surface area contributed by atoms with Crippen LogP contribution in [-0.2, 0) is 0 Å². The van der Waals surface area contributed by atoms with Gasteiger partial charge < -0.3 is 9.47 Å². The van der Waals surface area contributed by atoms with Crippen molar-refractivity contribution in [1.29, 1.82) is 0 Å². The number of hydrogen-bond acceptors (Lipinski definition) is 6. The van der Waals surface area contributed by atoms with Gasteiger partial charge in [-0.3, -0.25) is 15.6 Å². The second-order valence-electron chi connectivity index (χ2n) is 5.56. The number of hydrazine groups is 1. The Labute approximate surface area is 141 Å². The number of amides is 1. The molecule has 1 aromatic heterocycles. The number of nitrogens with one attached hydrogen (secondary N) is 2. The minimum Gasteiger partial charge on any atom is -0.494 e. The molecule has 7 nitrogen and oxygen atoms in total. The fourth-order valence-corrected chi connectivity index (χ4v) is 1.82. The molecule has 0 aliphatic rings. The molecule has 1 aromatic carbocycles. The third-order valence-electron chi connectivity index (χ3n) is 3.21. The van der Waals surface area contributed by atoms with Crippen molar-refractivity contribution < 1.29 is 14.3 Å². The first-order valence-corrected chi connectivity index (χ1v) is 7.74. The van der Waals surface area contributed by atoms with E-state index in [4.69, 9.17) is 9.47 Å². The fraction of sp³-hybridized carbons (Fsp3) is 0.353. The summed E-state index contributed by atoms with van der Waals surface area (Å²) in [5.41, 5.74) is 5.68. The van der Waals surface area contributed by atoms with Crippen molar-refractivity contribution in [3.63, 3.8) is 0 Å². The SMILES string of the molecule is COc1ccnc(NNC(=O)c2ccc(OCCC(C)C)cc2)n1. The van der Waals surface area contributed by atoms with Gasteiger partial charge in [0.15, 0.2) is 0 Å². The Morgan fingerprint density at radius 2 is 1.96 bits per heavy atom. The van der Waals surface area contributed by atoms with Crippen molar-refractivity contribution in [3.8, 4) is 11.6 Å². The molecule has 0 saturated carbocycles. The lowest BCUT2D eigenvalue weighted by molar-refractivity contribution is 0.0962. The molecular formula is C17H22N4O3. The number of hydrogen-bond donors (Lipinski definition) is 2. The highest BCUT2D eigenvalue weighted by Gasteiger charge is 2.07. The van der Waals surface area contributed by atoms with E-state index in [2.05, 4.69) is 34.7 Å². The normalized spacial score (nSPS) is 10.3. The van der Waals surface area contributed by atoms with Crippen LogP contribution >= 0.6 is 0 Å². The molecule has 0 spiro atoms. The lowest BCUT2D eigenvalue weighted by Gasteiger charge is -2.10. The number of carbonyl (C=O) groups excluding carboxylic acids is 1. The summed E-state index contributed by atoms with van der Waals surface area (Å²) < 4.78 is 10.6. The second-order valence-corrected chi connectivity index (χ2v) is 5.56. The van der Waals surface area contributed by atoms with Crippen molar-refractivity contribution in [2.75, 3.05) is 19.1 Å². The molecule has 0 atom stereocenters. The maximum absolute atomic E-state index is 12.1. The summed E-state index contributed by atoms with van der Waals surface area (Å²) in [5.74, 6) is 1.70. The van der Waals surface area contributed by atoms with Crippen molar-refractivity contribution in [3.05, 3.63) is 42.1 Å². The number of methoxy groups -OCH3 is 1. The van der Waals surface area contributed by atoms with Gasteiger partial charge in [0.05, 0.1) is 13.7 Å². The Morgan fingerprint density at radius 3 is 2.62 bits per heavy atom. The van der Waals surface area contributed by atoms with Crippen LogP contribution in [0.3, 0.4) is 0 Å². The third kappa shape index (κ3) is 5.42. The number of anilines is 1. The van der Waals surface area contributed by atoms with Crippen LogP contribution in [0, 0.1) is 5.92 Å². The van der Waals surface area contributed by atoms with Crippen LogP contribution in [0.25, 0.3) is 0 Å². The average molecular weight is 330 g/mol. The molecule has 128 valence electrons. The molecule has 1 amide bonds. The first-order chi connectivity index (χ1) is 11.6. The number of rotatable bonds is 8. The number of benzene rings is 1. The van der Waals surface area contributed by atoms with Gasteiger partial charge in [-0.05, 0) is 36.6 Å². The molecule has 2 rings (SSSR count). The van der Waals surface area contributed by atoms with Gasteiger partial charge in [0.1, 0.15) is 5.75 Å². The molecular weight excluding hydrogens is 308 g/mol. The van der Waals surface area contributed by atoms with Crippen molar-refractivity contribution >= 4 is 11.9 Å². The van der Waals surface area contributed by atoms with Gasteiger partial charge in [-0.15, -0.1) is 0 Å². The predicted octanol–water partition coefficient (Wildman–Crippen LogP) is 2.67. The standard InChI is InChI=1S/C17H22N4O3/c1-12(2)9-11-24-14-6-4-13(5-7-14)16(22)20-21-17-18-10-8-15(19-17)23-3/h4-8,10,12H,9,11H2,1-3H3,(H,20,22)(H,18,19,21). The maximum atomic E-state index is 12.1. The molecule has 0 aliphatic heterocycles. The molecule has 2 aromatic rings. The monoisotopic (exact) mass is 330 g/mol. The summed E-state index contributed by atoms with van der Waals surface area (Å²) in [6, 6.07) is 8.57. The van der Waals surface area contributed by atoms with E-state index in [9.17, 15) is 4.79 Å². The van der Waals surface area contributed by atoms with Gasteiger partial charge in [0.2, 0.25) is 11.8 Å². The molecule has 0 bridgehead atoms. The van der Waals surface area contributed by atoms with Gasteiger partial charge in [0.25, 0.3) is 5.91 Å². The second kappa shape index (κ2) is 8.71. The Balaban J connectivity index is 1.85. The number of nitrogens with zero attached hydrogens (tertiary/aromatic N) is 2. The Kier molecular flexibility index (Phi) is 6.36. The van der Waals surface area contributed by atoms with Crippen molar-refractivity contribution in [2.45, 2.75) is 20.3 Å². The highest BCUT2D eigenvalue weighted by molar-refractivity contribution is 5.94. The molecule has 0 unspecified atom stereocenters. The molecule has 0 radical (unpaired) electrons. The zero-order valence-electron chi connectivity index (χ0n) is 14.1. The average Bonchev–Trinajstić information content (AvgIpc) is 2.60. The van der Waals surface area contributed by atoms with E-state index >= 15 is 0 Å². The zero-order valence-corrected chi connectivity index (χ0v) is 14.1. The van der Waals surface area contributed by atoms with Gasteiger partial charge >= 0.3 is 0 Å². The van der Waals surface area contributed by atoms with E-state index in [0.29, 0.717) is 24.0 Å². The smallest absolute Gasteiger partial charge is 0.269 e. The van der Waals surface area contributed by atoms with Crippen LogP contribution in [-0.4, -0.2) is 29.6 Å². The van der Waals surface area contributed by atoms with Crippen molar-refractivity contribution in [2.24, 2.45) is 5.92 Å². The van der Waals surface area contributed by atoms with Gasteiger partial charge in [-0.25, -0.2) is 4.98 Å². The first kappa shape index (κ1) is 17.5. The minimum absolute atomic E-state index is 0.247. The third-order valence-corrected chi connectivity index (χ3v) is 3.21. The van der Waals surface area contributed by atoms with E-state index in [-0.39, 0.29) is 11.9 Å². The summed E-state index contributed by atoms with van der Waals surface area (Å²) in [6.07, 6.45) is 2.52. The van der Waals surface area contributed by atoms with Crippen LogP contribution in [0.4, 0.5) is 5.95 Å². The molecule has 1 heterocycles. The molecule has 0 saturated heterocycles. The Hall–Kier alpha value is -2.83.